The summed E-state index contributed by atoms with van der Waals surface area (Å²) < 4.78 is 7.42. The van der Waals surface area contributed by atoms with Gasteiger partial charge in [-0.25, -0.2) is 0 Å². The van der Waals surface area contributed by atoms with E-state index < -0.39 is 0 Å². The van der Waals surface area contributed by atoms with Crippen LogP contribution in [-0.4, -0.2) is 39.6 Å². The quantitative estimate of drug-likeness (QED) is 0.588. The summed E-state index contributed by atoms with van der Waals surface area (Å²) in [5.41, 5.74) is 0. The number of aryl methyl sites for hydroxylation is 1. The fourth-order valence-electron chi connectivity index (χ4n) is 1.32. The molecule has 1 N–H and O–H groups in total. The number of hydrogen-bond acceptors (Lipinski definition) is 4. The largest absolute Gasteiger partial charge is 0.483 e. The number of aromatic nitrogens is 3. The average Bonchev–Trinajstić information content (AvgIpc) is 2.41. The van der Waals surface area contributed by atoms with Crippen LogP contribution in [0.3, 0.4) is 0 Å². The first-order valence-electron chi connectivity index (χ1n) is 4.34. The minimum Gasteiger partial charge on any atom is -0.483 e. The van der Waals surface area contributed by atoms with Crippen molar-refractivity contribution in [2.24, 2.45) is 0 Å². The van der Waals surface area contributed by atoms with Crippen molar-refractivity contribution in [1.82, 2.24) is 14.8 Å². The molecular formula is C8H13N3O3. The van der Waals surface area contributed by atoms with Crippen LogP contribution < -0.4 is 0 Å². The van der Waals surface area contributed by atoms with Gasteiger partial charge in [-0.3, -0.25) is 4.79 Å². The molecule has 0 radical (unpaired) electrons. The smallest absolute Gasteiger partial charge is 0.290 e. The van der Waals surface area contributed by atoms with Crippen molar-refractivity contribution in [3.63, 3.8) is 0 Å². The van der Waals surface area contributed by atoms with E-state index in [0.717, 1.165) is 37.8 Å². The lowest BCUT2D eigenvalue weighted by molar-refractivity contribution is -0.122. The predicted molar refractivity (Wildman–Crippen MR) is 48.0 cm³/mol. The summed E-state index contributed by atoms with van der Waals surface area (Å²) in [5.74, 6) is 2.05. The molecule has 2 heterocycles. The normalized spacial score (nSPS) is 14.6. The summed E-state index contributed by atoms with van der Waals surface area (Å²) >= 11 is 0. The Labute approximate surface area is 81.5 Å². The summed E-state index contributed by atoms with van der Waals surface area (Å²) in [6.45, 7) is 4.18. The lowest BCUT2D eigenvalue weighted by Crippen LogP contribution is -2.05. The number of carbonyl (C=O) groups is 1. The molecule has 0 bridgehead atoms. The molecule has 0 amide bonds. The molecule has 1 aromatic heterocycles. The highest BCUT2D eigenvalue weighted by Crippen LogP contribution is 2.05. The number of nitrogens with zero attached hydrogens (tertiary/aromatic N) is 3. The molecule has 0 aliphatic carbocycles. The molecule has 78 valence electrons. The molecule has 1 aliphatic rings. The molecule has 0 spiro atoms. The number of carboxylic acid groups (broad SMARTS) is 1. The second-order valence-electron chi connectivity index (χ2n) is 2.78. The molecule has 2 rings (SSSR count). The van der Waals surface area contributed by atoms with Crippen molar-refractivity contribution in [1.29, 1.82) is 0 Å². The first kappa shape index (κ1) is 10.6. The van der Waals surface area contributed by atoms with Gasteiger partial charge < -0.3 is 14.4 Å². The van der Waals surface area contributed by atoms with Crippen LogP contribution in [0.1, 0.15) is 11.6 Å². The van der Waals surface area contributed by atoms with Gasteiger partial charge in [0.05, 0.1) is 13.2 Å². The molecule has 6 heteroatoms. The predicted octanol–water partition coefficient (Wildman–Crippen LogP) is -0.140. The third kappa shape index (κ3) is 2.53. The second-order valence-corrected chi connectivity index (χ2v) is 2.78. The molecule has 1 aliphatic heterocycles. The highest BCUT2D eigenvalue weighted by molar-refractivity contribution is 5.32. The van der Waals surface area contributed by atoms with Gasteiger partial charge in [0.15, 0.2) is 0 Å². The number of rotatable bonds is 0. The van der Waals surface area contributed by atoms with Gasteiger partial charge in [0.1, 0.15) is 11.6 Å². The Morgan fingerprint density at radius 2 is 2.21 bits per heavy atom. The SMILES string of the molecule is Cc1nnc2n1CCOCC2.O=CO. The first-order chi connectivity index (χ1) is 6.79. The molecule has 0 fully saturated rings. The zero-order valence-corrected chi connectivity index (χ0v) is 8.01. The Bertz CT molecular complexity index is 298. The molecule has 0 unspecified atom stereocenters. The van der Waals surface area contributed by atoms with Crippen LogP contribution in [0, 0.1) is 6.92 Å². The van der Waals surface area contributed by atoms with Gasteiger partial charge in [0.25, 0.3) is 6.47 Å². The minimum atomic E-state index is -0.250. The van der Waals surface area contributed by atoms with Gasteiger partial charge in [0.2, 0.25) is 0 Å². The first-order valence-corrected chi connectivity index (χ1v) is 4.34. The third-order valence-electron chi connectivity index (χ3n) is 1.94. The van der Waals surface area contributed by atoms with Crippen molar-refractivity contribution >= 4 is 6.47 Å². The van der Waals surface area contributed by atoms with E-state index in [9.17, 15) is 0 Å². The number of hydrogen-bond donors (Lipinski definition) is 1. The lowest BCUT2D eigenvalue weighted by Gasteiger charge is -2.00. The van der Waals surface area contributed by atoms with Crippen molar-refractivity contribution in [3.05, 3.63) is 11.6 Å². The van der Waals surface area contributed by atoms with Crippen LogP contribution in [0.15, 0.2) is 0 Å². The summed E-state index contributed by atoms with van der Waals surface area (Å²) in [5, 5.41) is 14.9. The molecule has 0 atom stereocenters. The second kappa shape index (κ2) is 5.33. The molecule has 6 nitrogen and oxygen atoms in total. The fraction of sp³-hybridized carbons (Fsp3) is 0.625. The molecule has 0 aromatic carbocycles. The van der Waals surface area contributed by atoms with E-state index >= 15 is 0 Å². The Hall–Kier alpha value is -1.43. The third-order valence-corrected chi connectivity index (χ3v) is 1.94. The Balaban J connectivity index is 0.000000293. The lowest BCUT2D eigenvalue weighted by atomic mass is 10.4. The molecular weight excluding hydrogens is 186 g/mol. The zero-order chi connectivity index (χ0) is 10.4. The van der Waals surface area contributed by atoms with E-state index in [0.29, 0.717) is 0 Å². The maximum Gasteiger partial charge on any atom is 0.290 e. The summed E-state index contributed by atoms with van der Waals surface area (Å²) in [6.07, 6.45) is 0.890. The van der Waals surface area contributed by atoms with Gasteiger partial charge in [0, 0.05) is 13.0 Å². The Morgan fingerprint density at radius 1 is 1.50 bits per heavy atom. The van der Waals surface area contributed by atoms with Crippen LogP contribution in [0.25, 0.3) is 0 Å². The van der Waals surface area contributed by atoms with Gasteiger partial charge in [-0.2, -0.15) is 0 Å². The van der Waals surface area contributed by atoms with E-state index in [1.807, 2.05) is 6.92 Å². The monoisotopic (exact) mass is 199 g/mol. The maximum absolute atomic E-state index is 8.36. The molecule has 1 aromatic rings. The molecule has 0 saturated carbocycles. The van der Waals surface area contributed by atoms with Crippen LogP contribution in [0.2, 0.25) is 0 Å². The Kier molecular flexibility index (Phi) is 4.06. The number of fused-ring (bicyclic) bond motifs is 1. The Morgan fingerprint density at radius 3 is 2.93 bits per heavy atom. The molecule has 0 saturated heterocycles. The van der Waals surface area contributed by atoms with E-state index in [1.165, 1.54) is 0 Å². The van der Waals surface area contributed by atoms with Crippen molar-refractivity contribution < 1.29 is 14.6 Å². The van der Waals surface area contributed by atoms with Crippen molar-refractivity contribution in [2.75, 3.05) is 13.2 Å². The topological polar surface area (TPSA) is 77.2 Å². The van der Waals surface area contributed by atoms with Gasteiger partial charge in [-0.15, -0.1) is 10.2 Å². The average molecular weight is 199 g/mol. The highest BCUT2D eigenvalue weighted by Gasteiger charge is 2.10. The summed E-state index contributed by atoms with van der Waals surface area (Å²) in [6, 6.07) is 0. The van der Waals surface area contributed by atoms with Crippen LogP contribution in [0.5, 0.6) is 0 Å². The van der Waals surface area contributed by atoms with Crippen LogP contribution >= 0.6 is 0 Å². The summed E-state index contributed by atoms with van der Waals surface area (Å²) in [4.78, 5) is 8.36. The number of ether oxygens (including phenoxy) is 1. The van der Waals surface area contributed by atoms with Crippen molar-refractivity contribution in [2.45, 2.75) is 19.9 Å². The van der Waals surface area contributed by atoms with Crippen molar-refractivity contribution in [3.8, 4) is 0 Å². The van der Waals surface area contributed by atoms with Gasteiger partial charge >= 0.3 is 0 Å². The maximum atomic E-state index is 8.36. The van der Waals surface area contributed by atoms with E-state index in [2.05, 4.69) is 14.8 Å². The highest BCUT2D eigenvalue weighted by atomic mass is 16.5. The van der Waals surface area contributed by atoms with Gasteiger partial charge in [-0.05, 0) is 6.92 Å². The summed E-state index contributed by atoms with van der Waals surface area (Å²) in [7, 11) is 0. The van der Waals surface area contributed by atoms with E-state index in [1.54, 1.807) is 0 Å². The zero-order valence-electron chi connectivity index (χ0n) is 8.01. The van der Waals surface area contributed by atoms with E-state index in [4.69, 9.17) is 14.6 Å². The fourth-order valence-corrected chi connectivity index (χ4v) is 1.32. The van der Waals surface area contributed by atoms with Crippen LogP contribution in [0.4, 0.5) is 0 Å². The van der Waals surface area contributed by atoms with E-state index in [-0.39, 0.29) is 6.47 Å². The minimum absolute atomic E-state index is 0.250. The van der Waals surface area contributed by atoms with Crippen LogP contribution in [-0.2, 0) is 22.5 Å². The standard InChI is InChI=1S/C7H11N3O.CH2O2/c1-6-8-9-7-2-4-11-5-3-10(6)7;2-1-3/h2-5H2,1H3;1H,(H,2,3). The van der Waals surface area contributed by atoms with Gasteiger partial charge in [-0.1, -0.05) is 0 Å². The molecule has 14 heavy (non-hydrogen) atoms.